The Morgan fingerprint density at radius 3 is 2.50 bits per heavy atom. The Labute approximate surface area is 163 Å². The summed E-state index contributed by atoms with van der Waals surface area (Å²) in [6.07, 6.45) is -4.54. The van der Waals surface area contributed by atoms with Crippen LogP contribution in [0.2, 0.25) is 0 Å². The Morgan fingerprint density at radius 2 is 1.89 bits per heavy atom. The molecule has 0 saturated heterocycles. The third-order valence-electron chi connectivity index (χ3n) is 4.18. The number of fused-ring (bicyclic) bond motifs is 1. The summed E-state index contributed by atoms with van der Waals surface area (Å²) in [4.78, 5) is 26.9. The molecule has 3 rings (SSSR count). The van der Waals surface area contributed by atoms with Gasteiger partial charge in [0.15, 0.2) is 0 Å². The lowest BCUT2D eigenvalue weighted by Crippen LogP contribution is -2.45. The van der Waals surface area contributed by atoms with Gasteiger partial charge in [-0.2, -0.15) is 13.2 Å². The average Bonchev–Trinajstić information content (AvgIpc) is 2.66. The van der Waals surface area contributed by atoms with Crippen LogP contribution in [0.3, 0.4) is 0 Å². The van der Waals surface area contributed by atoms with Crippen LogP contribution >= 0.6 is 11.8 Å². The molecule has 0 spiro atoms. The van der Waals surface area contributed by atoms with E-state index in [9.17, 15) is 22.8 Å². The summed E-state index contributed by atoms with van der Waals surface area (Å²) < 4.78 is 43.9. The number of halogens is 3. The highest BCUT2D eigenvalue weighted by Gasteiger charge is 2.35. The number of methoxy groups -OCH3 is 1. The number of ether oxygens (including phenoxy) is 1. The Bertz CT molecular complexity index is 900. The number of anilines is 2. The van der Waals surface area contributed by atoms with E-state index >= 15 is 0 Å². The third kappa shape index (κ3) is 4.24. The number of hydrogen-bond donors (Lipinski definition) is 1. The van der Waals surface area contributed by atoms with Crippen molar-refractivity contribution in [2.24, 2.45) is 0 Å². The predicted molar refractivity (Wildman–Crippen MR) is 101 cm³/mol. The zero-order chi connectivity index (χ0) is 20.5. The molecule has 0 aliphatic carbocycles. The van der Waals surface area contributed by atoms with Crippen molar-refractivity contribution in [3.8, 4) is 5.75 Å². The molecule has 1 heterocycles. The van der Waals surface area contributed by atoms with E-state index in [1.807, 2.05) is 0 Å². The van der Waals surface area contributed by atoms with Crippen LogP contribution in [-0.4, -0.2) is 30.7 Å². The summed E-state index contributed by atoms with van der Waals surface area (Å²) in [6.45, 7) is 1.44. The molecule has 1 aliphatic rings. The van der Waals surface area contributed by atoms with Crippen molar-refractivity contribution in [1.82, 2.24) is 0 Å². The third-order valence-corrected chi connectivity index (χ3v) is 5.28. The van der Waals surface area contributed by atoms with Crippen molar-refractivity contribution in [3.05, 3.63) is 48.0 Å². The summed E-state index contributed by atoms with van der Waals surface area (Å²) in [5.41, 5.74) is -0.664. The van der Waals surface area contributed by atoms with Crippen LogP contribution in [0.5, 0.6) is 5.75 Å². The number of carbonyl (C=O) groups is 2. The second kappa shape index (κ2) is 7.75. The van der Waals surface area contributed by atoms with Gasteiger partial charge < -0.3 is 10.1 Å². The number of rotatable bonds is 4. The molecule has 0 bridgehead atoms. The number of benzene rings is 2. The minimum Gasteiger partial charge on any atom is -0.497 e. The molecule has 1 unspecified atom stereocenters. The second-order valence-corrected chi connectivity index (χ2v) is 7.55. The van der Waals surface area contributed by atoms with Gasteiger partial charge in [-0.15, -0.1) is 11.8 Å². The van der Waals surface area contributed by atoms with E-state index in [2.05, 4.69) is 5.32 Å². The van der Waals surface area contributed by atoms with E-state index in [0.29, 0.717) is 5.75 Å². The topological polar surface area (TPSA) is 58.6 Å². The van der Waals surface area contributed by atoms with Gasteiger partial charge >= 0.3 is 6.18 Å². The number of thioether (sulfide) groups is 1. The van der Waals surface area contributed by atoms with E-state index in [1.54, 1.807) is 38.3 Å². The summed E-state index contributed by atoms with van der Waals surface area (Å²) in [5.74, 6) is -0.219. The van der Waals surface area contributed by atoms with E-state index in [1.165, 1.54) is 22.7 Å². The fraction of sp³-hybridized carbons (Fsp3) is 0.263. The Kier molecular flexibility index (Phi) is 5.55. The highest BCUT2D eigenvalue weighted by Crippen LogP contribution is 2.38. The smallest absolute Gasteiger partial charge is 0.416 e. The lowest BCUT2D eigenvalue weighted by atomic mass is 10.1. The molecule has 5 nitrogen and oxygen atoms in total. The zero-order valence-electron chi connectivity index (χ0n) is 15.0. The fourth-order valence-corrected chi connectivity index (χ4v) is 3.72. The molecule has 9 heteroatoms. The highest BCUT2D eigenvalue weighted by atomic mass is 32.2. The van der Waals surface area contributed by atoms with Gasteiger partial charge in [0.2, 0.25) is 11.8 Å². The summed E-state index contributed by atoms with van der Waals surface area (Å²) >= 11 is 1.29. The first-order valence-corrected chi connectivity index (χ1v) is 9.20. The van der Waals surface area contributed by atoms with E-state index < -0.39 is 22.9 Å². The van der Waals surface area contributed by atoms with Crippen LogP contribution < -0.4 is 15.0 Å². The van der Waals surface area contributed by atoms with Crippen LogP contribution in [0.4, 0.5) is 24.5 Å². The minimum atomic E-state index is -4.54. The predicted octanol–water partition coefficient (Wildman–Crippen LogP) is 4.18. The van der Waals surface area contributed by atoms with Crippen molar-refractivity contribution in [1.29, 1.82) is 0 Å². The minimum absolute atomic E-state index is 0.0268. The van der Waals surface area contributed by atoms with Crippen molar-refractivity contribution < 1.29 is 27.5 Å². The molecule has 0 radical (unpaired) electrons. The standard InChI is InChI=1S/C19H17F3N2O3S/c1-11(28-14-6-4-13(27-2)5-7-14)18(26)24-10-17(25)23-15-9-12(19(20,21)22)3-8-16(15)24/h3-9,11H,10H2,1-2H3,(H,23,25). The Balaban J connectivity index is 1.82. The van der Waals surface area contributed by atoms with Gasteiger partial charge in [-0.05, 0) is 49.4 Å². The first kappa shape index (κ1) is 20.1. The SMILES string of the molecule is COc1ccc(SC(C)C(=O)N2CC(=O)Nc3cc(C(F)(F)F)ccc32)cc1. The molecule has 0 aromatic heterocycles. The lowest BCUT2D eigenvalue weighted by molar-refractivity contribution is -0.137. The summed E-state index contributed by atoms with van der Waals surface area (Å²) in [6, 6.07) is 10.1. The Morgan fingerprint density at radius 1 is 1.21 bits per heavy atom. The number of carbonyl (C=O) groups excluding carboxylic acids is 2. The second-order valence-electron chi connectivity index (χ2n) is 6.14. The van der Waals surface area contributed by atoms with E-state index in [0.717, 1.165) is 17.0 Å². The first-order chi connectivity index (χ1) is 13.2. The molecule has 2 aromatic rings. The lowest BCUT2D eigenvalue weighted by Gasteiger charge is -2.31. The van der Waals surface area contributed by atoms with Crippen LogP contribution in [0.15, 0.2) is 47.4 Å². The van der Waals surface area contributed by atoms with Crippen molar-refractivity contribution in [2.45, 2.75) is 23.2 Å². The first-order valence-electron chi connectivity index (χ1n) is 8.32. The molecule has 2 amide bonds. The normalized spacial score (nSPS) is 14.9. The van der Waals surface area contributed by atoms with E-state index in [-0.39, 0.29) is 23.8 Å². The number of alkyl halides is 3. The molecule has 2 aromatic carbocycles. The Hall–Kier alpha value is -2.68. The summed E-state index contributed by atoms with van der Waals surface area (Å²) in [7, 11) is 1.55. The molecule has 1 aliphatic heterocycles. The van der Waals surface area contributed by atoms with Gasteiger partial charge in [0, 0.05) is 4.90 Å². The number of amides is 2. The molecule has 0 fully saturated rings. The van der Waals surface area contributed by atoms with Gasteiger partial charge in [0.1, 0.15) is 12.3 Å². The maximum absolute atomic E-state index is 12.9. The molecular weight excluding hydrogens is 393 g/mol. The van der Waals surface area contributed by atoms with Gasteiger partial charge in [0.25, 0.3) is 0 Å². The van der Waals surface area contributed by atoms with Gasteiger partial charge in [-0.1, -0.05) is 0 Å². The van der Waals surface area contributed by atoms with Gasteiger partial charge in [-0.25, -0.2) is 0 Å². The zero-order valence-corrected chi connectivity index (χ0v) is 15.9. The molecule has 1 N–H and O–H groups in total. The average molecular weight is 410 g/mol. The number of nitrogens with zero attached hydrogens (tertiary/aromatic N) is 1. The van der Waals surface area contributed by atoms with Crippen LogP contribution in [0.25, 0.3) is 0 Å². The van der Waals surface area contributed by atoms with Crippen LogP contribution in [0.1, 0.15) is 12.5 Å². The number of hydrogen-bond acceptors (Lipinski definition) is 4. The molecule has 1 atom stereocenters. The highest BCUT2D eigenvalue weighted by molar-refractivity contribution is 8.00. The molecule has 28 heavy (non-hydrogen) atoms. The maximum Gasteiger partial charge on any atom is 0.416 e. The quantitative estimate of drug-likeness (QED) is 0.769. The molecular formula is C19H17F3N2O3S. The monoisotopic (exact) mass is 410 g/mol. The summed E-state index contributed by atoms with van der Waals surface area (Å²) in [5, 5.41) is 1.86. The number of nitrogens with one attached hydrogen (secondary N) is 1. The van der Waals surface area contributed by atoms with E-state index in [4.69, 9.17) is 4.74 Å². The van der Waals surface area contributed by atoms with Gasteiger partial charge in [-0.3, -0.25) is 14.5 Å². The van der Waals surface area contributed by atoms with Gasteiger partial charge in [0.05, 0.1) is 29.3 Å². The van der Waals surface area contributed by atoms with Crippen LogP contribution in [0, 0.1) is 0 Å². The fourth-order valence-electron chi connectivity index (χ4n) is 2.79. The van der Waals surface area contributed by atoms with Crippen molar-refractivity contribution in [3.63, 3.8) is 0 Å². The van der Waals surface area contributed by atoms with Crippen molar-refractivity contribution in [2.75, 3.05) is 23.9 Å². The molecule has 148 valence electrons. The maximum atomic E-state index is 12.9. The molecule has 0 saturated carbocycles. The largest absolute Gasteiger partial charge is 0.497 e. The van der Waals surface area contributed by atoms with Crippen LogP contribution in [-0.2, 0) is 15.8 Å². The van der Waals surface area contributed by atoms with Crippen molar-refractivity contribution >= 4 is 35.0 Å².